The first kappa shape index (κ1) is 47.7. The summed E-state index contributed by atoms with van der Waals surface area (Å²) in [5, 5.41) is 11.2. The molecule has 3 fully saturated rings. The number of alkyl carbamates (subject to hydrolysis) is 2. The van der Waals surface area contributed by atoms with Crippen molar-refractivity contribution in [1.29, 1.82) is 0 Å². The lowest BCUT2D eigenvalue weighted by atomic mass is 9.77. The quantitative estimate of drug-likeness (QED) is 0.147. The van der Waals surface area contributed by atoms with E-state index in [1.54, 1.807) is 58.6 Å². The lowest BCUT2D eigenvalue weighted by Gasteiger charge is -2.36. The first-order valence-corrected chi connectivity index (χ1v) is 22.5. The molecule has 0 spiro atoms. The standard InChI is InChI=1S/C41H59ClF2N8O8S/c1-39(2,3)59-37(55)47-18-16-45-15-17-46-36(54)27-7-9-28(10-8-27)41(43,44)29-23-33(42)49-34(24-29)50-19-21-51(22-20-50)61(57,58)32-13-11-31(12-14-32)52-26-30(25-35(52)53)48-38(56)60-40(4,5)6/h11-14,23-24,27-28,30,45H,7-10,15-22,25-26H2,1-6H3,(H,46,54)(H,47,55)(H,48,56)/t27-,28-,30-/m1/s1. The molecule has 3 heterocycles. The molecule has 1 aromatic carbocycles. The zero-order valence-corrected chi connectivity index (χ0v) is 37.3. The van der Waals surface area contributed by atoms with Crippen LogP contribution in [-0.2, 0) is 35.0 Å². The zero-order valence-electron chi connectivity index (χ0n) is 35.7. The lowest BCUT2D eigenvalue weighted by Crippen LogP contribution is -2.49. The maximum absolute atomic E-state index is 16.1. The summed E-state index contributed by atoms with van der Waals surface area (Å²) >= 11 is 6.30. The van der Waals surface area contributed by atoms with E-state index in [-0.39, 0.29) is 91.1 Å². The number of anilines is 2. The Morgan fingerprint density at radius 1 is 0.836 bits per heavy atom. The SMILES string of the molecule is CC(C)(C)OC(=O)NCCNCCNC(=O)[C@H]1CC[C@H](C(F)(F)c2cc(Cl)nc(N3CCN(S(=O)(=O)c4ccc(N5C[C@H](NC(=O)OC(C)(C)C)CC5=O)cc4)CC3)c2)CC1. The van der Waals surface area contributed by atoms with Gasteiger partial charge in [-0.3, -0.25) is 9.59 Å². The number of rotatable bonds is 14. The number of nitrogens with zero attached hydrogens (tertiary/aromatic N) is 4. The van der Waals surface area contributed by atoms with E-state index in [0.717, 1.165) is 6.07 Å². The molecule has 2 saturated heterocycles. The van der Waals surface area contributed by atoms with Crippen molar-refractivity contribution in [3.8, 4) is 0 Å². The average molecular weight is 897 g/mol. The van der Waals surface area contributed by atoms with Crippen molar-refractivity contribution in [3.05, 3.63) is 47.1 Å². The molecule has 0 bridgehead atoms. The maximum atomic E-state index is 16.1. The third-order valence-electron chi connectivity index (χ3n) is 10.5. The molecule has 4 N–H and O–H groups in total. The number of piperazine rings is 1. The van der Waals surface area contributed by atoms with Gasteiger partial charge in [-0.05, 0) is 104 Å². The van der Waals surface area contributed by atoms with Crippen molar-refractivity contribution >= 4 is 57.1 Å². The minimum atomic E-state index is -3.93. The molecule has 2 aromatic rings. The van der Waals surface area contributed by atoms with Crippen LogP contribution in [0.2, 0.25) is 5.15 Å². The number of halogens is 3. The first-order chi connectivity index (χ1) is 28.5. The second-order valence-corrected chi connectivity index (χ2v) is 19.9. The Morgan fingerprint density at radius 3 is 2.03 bits per heavy atom. The fraction of sp³-hybridized carbons (Fsp3) is 0.634. The molecule has 20 heteroatoms. The van der Waals surface area contributed by atoms with Crippen LogP contribution in [0.1, 0.15) is 79.2 Å². The van der Waals surface area contributed by atoms with Crippen LogP contribution in [0, 0.1) is 11.8 Å². The van der Waals surface area contributed by atoms with Gasteiger partial charge in [-0.2, -0.15) is 4.31 Å². The van der Waals surface area contributed by atoms with Crippen LogP contribution in [0.3, 0.4) is 0 Å². The second-order valence-electron chi connectivity index (χ2n) is 17.6. The molecule has 1 aromatic heterocycles. The summed E-state index contributed by atoms with van der Waals surface area (Å²) in [7, 11) is -3.93. The van der Waals surface area contributed by atoms with E-state index in [4.69, 9.17) is 21.1 Å². The van der Waals surface area contributed by atoms with Gasteiger partial charge < -0.3 is 40.5 Å². The molecule has 61 heavy (non-hydrogen) atoms. The van der Waals surface area contributed by atoms with Gasteiger partial charge in [0.15, 0.2) is 0 Å². The van der Waals surface area contributed by atoms with E-state index in [2.05, 4.69) is 26.3 Å². The summed E-state index contributed by atoms with van der Waals surface area (Å²) in [6.45, 7) is 12.9. The van der Waals surface area contributed by atoms with Crippen molar-refractivity contribution in [3.63, 3.8) is 0 Å². The number of benzene rings is 1. The predicted molar refractivity (Wildman–Crippen MR) is 226 cm³/mol. The van der Waals surface area contributed by atoms with Gasteiger partial charge in [-0.25, -0.2) is 31.8 Å². The number of hydrogen-bond donors (Lipinski definition) is 4. The molecule has 4 amide bonds. The maximum Gasteiger partial charge on any atom is 0.407 e. The van der Waals surface area contributed by atoms with E-state index in [0.29, 0.717) is 44.7 Å². The molecule has 1 atom stereocenters. The number of aromatic nitrogens is 1. The molecular weight excluding hydrogens is 838 g/mol. The van der Waals surface area contributed by atoms with Gasteiger partial charge in [-0.1, -0.05) is 11.6 Å². The highest BCUT2D eigenvalue weighted by Gasteiger charge is 2.45. The molecule has 3 aliphatic rings. The Balaban J connectivity index is 1.08. The molecule has 1 saturated carbocycles. The number of carbonyl (C=O) groups excluding carboxylic acids is 4. The van der Waals surface area contributed by atoms with Crippen molar-refractivity contribution in [2.75, 3.05) is 68.7 Å². The summed E-state index contributed by atoms with van der Waals surface area (Å²) < 4.78 is 71.2. The molecule has 5 rings (SSSR count). The zero-order chi connectivity index (χ0) is 44.8. The molecule has 16 nitrogen and oxygen atoms in total. The van der Waals surface area contributed by atoms with E-state index < -0.39 is 51.3 Å². The van der Waals surface area contributed by atoms with Gasteiger partial charge in [0.25, 0.3) is 5.92 Å². The number of nitrogens with one attached hydrogen (secondary N) is 4. The van der Waals surface area contributed by atoms with Crippen molar-refractivity contribution in [2.45, 2.75) is 102 Å². The Bertz CT molecular complexity index is 1980. The largest absolute Gasteiger partial charge is 0.444 e. The van der Waals surface area contributed by atoms with Crippen molar-refractivity contribution in [2.24, 2.45) is 11.8 Å². The molecule has 1 aliphatic carbocycles. The Hall–Kier alpha value is -4.33. The third-order valence-corrected chi connectivity index (χ3v) is 12.6. The number of sulfonamides is 1. The van der Waals surface area contributed by atoms with E-state index >= 15 is 8.78 Å². The summed E-state index contributed by atoms with van der Waals surface area (Å²) in [4.78, 5) is 57.0. The van der Waals surface area contributed by atoms with E-state index in [1.165, 1.54) is 27.4 Å². The Morgan fingerprint density at radius 2 is 1.43 bits per heavy atom. The van der Waals surface area contributed by atoms with Gasteiger partial charge in [0.05, 0.1) is 10.9 Å². The highest BCUT2D eigenvalue weighted by Crippen LogP contribution is 2.46. The highest BCUT2D eigenvalue weighted by molar-refractivity contribution is 7.89. The predicted octanol–water partition coefficient (Wildman–Crippen LogP) is 5.00. The van der Waals surface area contributed by atoms with Crippen LogP contribution in [0.5, 0.6) is 0 Å². The van der Waals surface area contributed by atoms with Crippen LogP contribution in [0.25, 0.3) is 0 Å². The van der Waals surface area contributed by atoms with Crippen LogP contribution < -0.4 is 31.1 Å². The smallest absolute Gasteiger partial charge is 0.407 e. The number of alkyl halides is 2. The highest BCUT2D eigenvalue weighted by atomic mass is 35.5. The lowest BCUT2D eigenvalue weighted by molar-refractivity contribution is -0.129. The van der Waals surface area contributed by atoms with Gasteiger partial charge in [-0.15, -0.1) is 0 Å². The van der Waals surface area contributed by atoms with Gasteiger partial charge in [0.2, 0.25) is 21.8 Å². The fourth-order valence-corrected chi connectivity index (χ4v) is 9.16. The van der Waals surface area contributed by atoms with Crippen molar-refractivity contribution in [1.82, 2.24) is 30.6 Å². The number of carbonyl (C=O) groups is 4. The molecule has 0 unspecified atom stereocenters. The topological polar surface area (TPSA) is 192 Å². The summed E-state index contributed by atoms with van der Waals surface area (Å²) in [5.74, 6) is -4.80. The molecule has 338 valence electrons. The average Bonchev–Trinajstić information content (AvgIpc) is 3.54. The number of hydrogen-bond acceptors (Lipinski definition) is 11. The molecule has 0 radical (unpaired) electrons. The minimum absolute atomic E-state index is 0.0355. The number of ether oxygens (including phenoxy) is 2. The Labute approximate surface area is 361 Å². The summed E-state index contributed by atoms with van der Waals surface area (Å²) in [6, 6.07) is 7.98. The van der Waals surface area contributed by atoms with Crippen LogP contribution >= 0.6 is 11.6 Å². The Kier molecular flexibility index (Phi) is 15.5. The van der Waals surface area contributed by atoms with Gasteiger partial charge in [0.1, 0.15) is 22.2 Å². The molecule has 2 aliphatic heterocycles. The molecular formula is C41H59ClF2N8O8S. The van der Waals surface area contributed by atoms with E-state index in [9.17, 15) is 27.6 Å². The fourth-order valence-electron chi connectivity index (χ4n) is 7.53. The van der Waals surface area contributed by atoms with E-state index in [1.807, 2.05) is 0 Å². The second kappa shape index (κ2) is 19.8. The first-order valence-electron chi connectivity index (χ1n) is 20.7. The van der Waals surface area contributed by atoms with Crippen molar-refractivity contribution < 1.29 is 45.9 Å². The van der Waals surface area contributed by atoms with Crippen LogP contribution in [-0.4, -0.2) is 118 Å². The monoisotopic (exact) mass is 896 g/mol. The third kappa shape index (κ3) is 13.3. The summed E-state index contributed by atoms with van der Waals surface area (Å²) in [5.41, 5.74) is -1.06. The van der Waals surface area contributed by atoms with Crippen LogP contribution in [0.4, 0.5) is 29.9 Å². The van der Waals surface area contributed by atoms with Crippen LogP contribution in [0.15, 0.2) is 41.3 Å². The minimum Gasteiger partial charge on any atom is -0.444 e. The normalized spacial score (nSPS) is 20.6. The number of pyridine rings is 1. The van der Waals surface area contributed by atoms with Gasteiger partial charge in [0, 0.05) is 88.4 Å². The summed E-state index contributed by atoms with van der Waals surface area (Å²) in [6.07, 6.45) is -0.134. The van der Waals surface area contributed by atoms with Gasteiger partial charge >= 0.3 is 12.2 Å². The number of amides is 4.